The number of azide groups is 1. The minimum absolute atomic E-state index is 0.286. The molecule has 4 rings (SSSR count). The predicted molar refractivity (Wildman–Crippen MR) is 118 cm³/mol. The molecule has 1 amide bonds. The Morgan fingerprint density at radius 3 is 2.63 bits per heavy atom. The van der Waals surface area contributed by atoms with E-state index in [2.05, 4.69) is 15.5 Å². The van der Waals surface area contributed by atoms with Crippen LogP contribution in [0.1, 0.15) is 15.9 Å². The van der Waals surface area contributed by atoms with E-state index in [1.165, 1.54) is 11.8 Å². The van der Waals surface area contributed by atoms with Crippen molar-refractivity contribution < 1.29 is 9.53 Å². The molecule has 0 aliphatic rings. The first-order valence-corrected chi connectivity index (χ1v) is 9.33. The van der Waals surface area contributed by atoms with Crippen LogP contribution >= 0.6 is 0 Å². The number of amides is 1. The predicted octanol–water partition coefficient (Wildman–Crippen LogP) is 5.95. The number of carbonyl (C=O) groups excluding carboxylic acids is 1. The van der Waals surface area contributed by atoms with Crippen molar-refractivity contribution in [2.75, 3.05) is 12.4 Å². The van der Waals surface area contributed by atoms with Gasteiger partial charge in [-0.25, -0.2) is 0 Å². The number of benzene rings is 3. The third-order valence-electron chi connectivity index (χ3n) is 4.87. The van der Waals surface area contributed by atoms with E-state index in [1.54, 1.807) is 6.07 Å². The van der Waals surface area contributed by atoms with Gasteiger partial charge < -0.3 is 10.1 Å². The molecule has 30 heavy (non-hydrogen) atoms. The summed E-state index contributed by atoms with van der Waals surface area (Å²) >= 11 is 0. The lowest BCUT2D eigenvalue weighted by molar-refractivity contribution is 0.102. The Balaban J connectivity index is 1.80. The van der Waals surface area contributed by atoms with Gasteiger partial charge in [0.05, 0.1) is 18.4 Å². The van der Waals surface area contributed by atoms with Crippen molar-refractivity contribution in [3.63, 3.8) is 0 Å². The van der Waals surface area contributed by atoms with Gasteiger partial charge >= 0.3 is 0 Å². The van der Waals surface area contributed by atoms with Crippen molar-refractivity contribution in [3.05, 3.63) is 94.4 Å². The quantitative estimate of drug-likeness (QED) is 0.256. The van der Waals surface area contributed by atoms with Crippen molar-refractivity contribution in [1.82, 2.24) is 4.68 Å². The van der Waals surface area contributed by atoms with E-state index in [0.717, 1.165) is 22.0 Å². The minimum atomic E-state index is -0.286. The summed E-state index contributed by atoms with van der Waals surface area (Å²) in [5.41, 5.74) is 13.3. The Bertz CT molecular complexity index is 1300. The zero-order valence-electron chi connectivity index (χ0n) is 16.5. The summed E-state index contributed by atoms with van der Waals surface area (Å²) in [6.45, 7) is 1.94. The summed E-state index contributed by atoms with van der Waals surface area (Å²) in [4.78, 5) is 16.0. The molecule has 0 saturated carbocycles. The molecular formula is C23H19N5O2. The van der Waals surface area contributed by atoms with Crippen LogP contribution in [0.25, 0.3) is 32.6 Å². The molecule has 148 valence electrons. The molecule has 1 aromatic heterocycles. The number of aromatic nitrogens is 1. The van der Waals surface area contributed by atoms with E-state index in [-0.39, 0.29) is 5.91 Å². The molecule has 3 aromatic carbocycles. The van der Waals surface area contributed by atoms with Gasteiger partial charge in [-0.2, -0.15) is 9.59 Å². The standard InChI is InChI=1S/C23H19N5O2/c1-15-11-12-18(22(13-15)30-2)23(29)25-19-9-5-4-8-17(19)21-14-16-7-3-6-10-20(16)28(21)27-26-24/h3-14H,1-2H3,(H,25,29). The SMILES string of the molecule is COc1cc(C)ccc1C(=O)Nc1ccccc1-c1cc2ccccc2n1N=[N+]=[N-]. The van der Waals surface area contributed by atoms with E-state index in [1.807, 2.05) is 73.7 Å². The second kappa shape index (κ2) is 8.03. The fourth-order valence-electron chi connectivity index (χ4n) is 3.46. The summed E-state index contributed by atoms with van der Waals surface area (Å²) in [6, 6.07) is 22.4. The lowest BCUT2D eigenvalue weighted by Gasteiger charge is -2.12. The number of nitrogens with zero attached hydrogens (tertiary/aromatic N) is 4. The molecule has 0 spiro atoms. The summed E-state index contributed by atoms with van der Waals surface area (Å²) in [6.07, 6.45) is 0. The molecule has 7 heteroatoms. The van der Waals surface area contributed by atoms with Crippen LogP contribution in [-0.2, 0) is 0 Å². The molecule has 0 atom stereocenters. The molecular weight excluding hydrogens is 378 g/mol. The molecule has 0 saturated heterocycles. The number of aryl methyl sites for hydroxylation is 1. The first kappa shape index (κ1) is 19.1. The summed E-state index contributed by atoms with van der Waals surface area (Å²) in [7, 11) is 1.54. The molecule has 0 bridgehead atoms. The highest BCUT2D eigenvalue weighted by Crippen LogP contribution is 2.34. The summed E-state index contributed by atoms with van der Waals surface area (Å²) in [5.74, 6) is 0.221. The number of nitrogens with one attached hydrogen (secondary N) is 1. The highest BCUT2D eigenvalue weighted by atomic mass is 16.5. The molecule has 0 radical (unpaired) electrons. The number of ether oxygens (including phenoxy) is 1. The van der Waals surface area contributed by atoms with E-state index >= 15 is 0 Å². The fourth-order valence-corrected chi connectivity index (χ4v) is 3.46. The van der Waals surface area contributed by atoms with Gasteiger partial charge in [0.2, 0.25) is 0 Å². The molecule has 1 heterocycles. The number of fused-ring (bicyclic) bond motifs is 1. The van der Waals surface area contributed by atoms with Crippen molar-refractivity contribution in [1.29, 1.82) is 0 Å². The van der Waals surface area contributed by atoms with Crippen LogP contribution in [-0.4, -0.2) is 17.7 Å². The van der Waals surface area contributed by atoms with Gasteiger partial charge in [0, 0.05) is 10.9 Å². The maximum absolute atomic E-state index is 13.0. The molecule has 4 aromatic rings. The third-order valence-corrected chi connectivity index (χ3v) is 4.87. The van der Waals surface area contributed by atoms with Crippen LogP contribution in [0, 0.1) is 6.92 Å². The normalized spacial score (nSPS) is 10.5. The summed E-state index contributed by atoms with van der Waals surface area (Å²) < 4.78 is 6.91. The van der Waals surface area contributed by atoms with Crippen LogP contribution in [0.3, 0.4) is 0 Å². The third kappa shape index (κ3) is 3.45. The van der Waals surface area contributed by atoms with Crippen LogP contribution in [0.15, 0.2) is 78.0 Å². The first-order chi connectivity index (χ1) is 14.6. The highest BCUT2D eigenvalue weighted by Gasteiger charge is 2.19. The highest BCUT2D eigenvalue weighted by molar-refractivity contribution is 6.08. The van der Waals surface area contributed by atoms with Gasteiger partial charge in [-0.1, -0.05) is 36.4 Å². The van der Waals surface area contributed by atoms with Gasteiger partial charge in [-0.3, -0.25) is 4.79 Å². The minimum Gasteiger partial charge on any atom is -0.496 e. The van der Waals surface area contributed by atoms with Gasteiger partial charge in [-0.15, -0.1) is 5.53 Å². The smallest absolute Gasteiger partial charge is 0.259 e. The topological polar surface area (TPSA) is 92.0 Å². The van der Waals surface area contributed by atoms with E-state index < -0.39 is 0 Å². The Labute approximate surface area is 173 Å². The van der Waals surface area contributed by atoms with Crippen molar-refractivity contribution in [2.24, 2.45) is 5.22 Å². The maximum Gasteiger partial charge on any atom is 0.259 e. The molecule has 0 fully saturated rings. The van der Waals surface area contributed by atoms with Crippen LogP contribution in [0.2, 0.25) is 0 Å². The number of methoxy groups -OCH3 is 1. The molecule has 7 nitrogen and oxygen atoms in total. The average Bonchev–Trinajstić information content (AvgIpc) is 3.12. The zero-order valence-corrected chi connectivity index (χ0v) is 16.5. The monoisotopic (exact) mass is 397 g/mol. The Morgan fingerprint density at radius 2 is 1.83 bits per heavy atom. The second-order valence-electron chi connectivity index (χ2n) is 6.78. The molecule has 1 N–H and O–H groups in total. The lowest BCUT2D eigenvalue weighted by atomic mass is 10.1. The van der Waals surface area contributed by atoms with Gasteiger partial charge in [-0.05, 0) is 54.1 Å². The average molecular weight is 397 g/mol. The van der Waals surface area contributed by atoms with Crippen molar-refractivity contribution in [3.8, 4) is 17.0 Å². The first-order valence-electron chi connectivity index (χ1n) is 9.33. The maximum atomic E-state index is 13.0. The second-order valence-corrected chi connectivity index (χ2v) is 6.78. The van der Waals surface area contributed by atoms with Gasteiger partial charge in [0.25, 0.3) is 5.91 Å². The zero-order chi connectivity index (χ0) is 21.1. The number of anilines is 1. The Morgan fingerprint density at radius 1 is 1.07 bits per heavy atom. The molecule has 0 aliphatic carbocycles. The lowest BCUT2D eigenvalue weighted by Crippen LogP contribution is -2.14. The fraction of sp³-hybridized carbons (Fsp3) is 0.0870. The Hall–Kier alpha value is -4.22. The van der Waals surface area contributed by atoms with E-state index in [0.29, 0.717) is 22.7 Å². The van der Waals surface area contributed by atoms with Crippen molar-refractivity contribution in [2.45, 2.75) is 6.92 Å². The number of rotatable bonds is 5. The number of hydrogen-bond donors (Lipinski definition) is 1. The van der Waals surface area contributed by atoms with Crippen LogP contribution in [0.5, 0.6) is 5.75 Å². The molecule has 0 unspecified atom stereocenters. The number of para-hydroxylation sites is 2. The van der Waals surface area contributed by atoms with Crippen LogP contribution in [0.4, 0.5) is 5.69 Å². The largest absolute Gasteiger partial charge is 0.496 e. The van der Waals surface area contributed by atoms with E-state index in [9.17, 15) is 4.79 Å². The van der Waals surface area contributed by atoms with Gasteiger partial charge in [0.1, 0.15) is 17.0 Å². The summed E-state index contributed by atoms with van der Waals surface area (Å²) in [5, 5.41) is 7.75. The number of carbonyl (C=O) groups is 1. The van der Waals surface area contributed by atoms with E-state index in [4.69, 9.17) is 10.3 Å². The van der Waals surface area contributed by atoms with Crippen LogP contribution < -0.4 is 10.1 Å². The number of hydrogen-bond acceptors (Lipinski definition) is 3. The molecule has 0 aliphatic heterocycles. The Kier molecular flexibility index (Phi) is 5.11. The van der Waals surface area contributed by atoms with Gasteiger partial charge in [0.15, 0.2) is 0 Å². The van der Waals surface area contributed by atoms with Crippen molar-refractivity contribution >= 4 is 22.5 Å².